The summed E-state index contributed by atoms with van der Waals surface area (Å²) in [5.74, 6) is 0.347. The maximum atomic E-state index is 10.5. The summed E-state index contributed by atoms with van der Waals surface area (Å²) in [6.07, 6.45) is 0.831. The smallest absolute Gasteiger partial charge is 0.120 e. The Morgan fingerprint density at radius 2 is 1.67 bits per heavy atom. The van der Waals surface area contributed by atoms with Crippen LogP contribution in [0.4, 0.5) is 0 Å². The monoisotopic (exact) mass is 458 g/mol. The molecule has 0 bridgehead atoms. The second-order valence-corrected chi connectivity index (χ2v) is 10.4. The number of piperazine rings is 1. The number of hydrogen-bond donors (Lipinski definition) is 2. The third-order valence-corrected chi connectivity index (χ3v) is 8.75. The van der Waals surface area contributed by atoms with Crippen molar-refractivity contribution in [3.05, 3.63) is 69.0 Å². The molecule has 2 heterocycles. The molecule has 4 rings (SSSR count). The minimum atomic E-state index is 0.209. The summed E-state index contributed by atoms with van der Waals surface area (Å²) in [4.78, 5) is 5.86. The van der Waals surface area contributed by atoms with Crippen LogP contribution in [0.3, 0.4) is 0 Å². The van der Waals surface area contributed by atoms with E-state index in [4.69, 9.17) is 17.3 Å². The van der Waals surface area contributed by atoms with Crippen molar-refractivity contribution < 1.29 is 10.2 Å². The fourth-order valence-electron chi connectivity index (χ4n) is 3.85. The van der Waals surface area contributed by atoms with Gasteiger partial charge in [-0.15, -0.1) is 0 Å². The Bertz CT molecular complexity index is 1020. The van der Waals surface area contributed by atoms with Gasteiger partial charge in [0, 0.05) is 56.8 Å². The molecule has 1 aliphatic rings. The maximum absolute atomic E-state index is 10.5. The molecule has 0 spiro atoms. The van der Waals surface area contributed by atoms with Crippen LogP contribution >= 0.6 is 32.9 Å². The van der Waals surface area contributed by atoms with Gasteiger partial charge in [-0.05, 0) is 29.3 Å². The van der Waals surface area contributed by atoms with Crippen LogP contribution in [0.15, 0.2) is 48.5 Å². The molecule has 30 heavy (non-hydrogen) atoms. The molecule has 3 aromatic rings. The molecule has 1 aliphatic heterocycles. The van der Waals surface area contributed by atoms with Crippen molar-refractivity contribution >= 4 is 32.9 Å². The highest BCUT2D eigenvalue weighted by atomic mass is 32.9. The van der Waals surface area contributed by atoms with Gasteiger partial charge in [-0.2, -0.15) is 0 Å². The highest BCUT2D eigenvalue weighted by Gasteiger charge is 2.19. The number of aromatic hydroxyl groups is 1. The van der Waals surface area contributed by atoms with Gasteiger partial charge in [-0.1, -0.05) is 63.2 Å². The zero-order chi connectivity index (χ0) is 20.9. The van der Waals surface area contributed by atoms with Crippen LogP contribution < -0.4 is 0 Å². The lowest BCUT2D eigenvalue weighted by atomic mass is 10.0. The van der Waals surface area contributed by atoms with Gasteiger partial charge in [0.2, 0.25) is 0 Å². The first kappa shape index (κ1) is 21.6. The van der Waals surface area contributed by atoms with Crippen molar-refractivity contribution in [3.8, 4) is 16.2 Å². The van der Waals surface area contributed by atoms with Crippen LogP contribution in [-0.4, -0.2) is 59.3 Å². The second kappa shape index (κ2) is 10.1. The average Bonchev–Trinajstić information content (AvgIpc) is 3.12. The van der Waals surface area contributed by atoms with Crippen molar-refractivity contribution in [2.75, 3.05) is 39.3 Å². The number of benzene rings is 2. The highest BCUT2D eigenvalue weighted by molar-refractivity contribution is 7.80. The molecule has 1 aromatic heterocycles. The van der Waals surface area contributed by atoms with Gasteiger partial charge in [0.25, 0.3) is 0 Å². The van der Waals surface area contributed by atoms with E-state index in [0.29, 0.717) is 5.75 Å². The van der Waals surface area contributed by atoms with Crippen LogP contribution in [-0.2, 0) is 13.0 Å². The summed E-state index contributed by atoms with van der Waals surface area (Å²) >= 11 is 5.64. The summed E-state index contributed by atoms with van der Waals surface area (Å²) in [5.41, 5.74) is 4.55. The van der Waals surface area contributed by atoms with E-state index in [9.17, 15) is 5.11 Å². The summed E-state index contributed by atoms with van der Waals surface area (Å²) < 4.78 is 0.952. The highest BCUT2D eigenvalue weighted by Crippen LogP contribution is 2.38. The first-order valence-corrected chi connectivity index (χ1v) is 12.7. The van der Waals surface area contributed by atoms with Crippen molar-refractivity contribution in [3.63, 3.8) is 0 Å². The Morgan fingerprint density at radius 1 is 0.933 bits per heavy atom. The second-order valence-electron chi connectivity index (χ2n) is 7.61. The Kier molecular flexibility index (Phi) is 7.30. The molecular weight excluding hydrogens is 432 g/mol. The number of hydrogen-bond acceptors (Lipinski definition) is 7. The molecule has 0 saturated carbocycles. The van der Waals surface area contributed by atoms with E-state index in [1.165, 1.54) is 16.0 Å². The maximum Gasteiger partial charge on any atom is 0.120 e. The van der Waals surface area contributed by atoms with Crippen LogP contribution in [0, 0.1) is 3.82 Å². The van der Waals surface area contributed by atoms with Crippen molar-refractivity contribution in [1.82, 2.24) is 9.80 Å². The standard InChI is InChI=1S/C23H26N2O2S3/c26-13-12-24-8-10-25(11-9-24)16-19-15-18(6-7-21(19)27)22-20(23(28)30-29-22)14-17-4-2-1-3-5-17/h1-7,15,26-27H,8-14,16H2. The number of nitrogens with zero attached hydrogens (tertiary/aromatic N) is 2. The van der Waals surface area contributed by atoms with Crippen molar-refractivity contribution in [2.24, 2.45) is 0 Å². The Hall–Kier alpha value is -1.61. The van der Waals surface area contributed by atoms with Crippen LogP contribution in [0.1, 0.15) is 16.7 Å². The molecule has 0 amide bonds. The number of β-amino-alcohol motifs (C(OH)–C–C–N with tert-alkyl or cyclic N) is 1. The van der Waals surface area contributed by atoms with Gasteiger partial charge in [0.15, 0.2) is 0 Å². The summed E-state index contributed by atoms with van der Waals surface area (Å²) in [6.45, 7) is 5.47. The zero-order valence-electron chi connectivity index (χ0n) is 16.8. The summed E-state index contributed by atoms with van der Waals surface area (Å²) in [5, 5.41) is 19.6. The van der Waals surface area contributed by atoms with Gasteiger partial charge in [-0.3, -0.25) is 9.80 Å². The molecule has 2 aromatic carbocycles. The molecule has 7 heteroatoms. The molecule has 2 N–H and O–H groups in total. The number of rotatable bonds is 7. The Labute approximate surface area is 190 Å². The number of phenolic OH excluding ortho intramolecular Hbond substituents is 1. The number of aliphatic hydroxyl groups is 1. The Balaban J connectivity index is 1.53. The van der Waals surface area contributed by atoms with Crippen LogP contribution in [0.2, 0.25) is 0 Å². The van der Waals surface area contributed by atoms with E-state index in [-0.39, 0.29) is 6.61 Å². The van der Waals surface area contributed by atoms with Gasteiger partial charge in [0.1, 0.15) is 9.57 Å². The van der Waals surface area contributed by atoms with E-state index in [1.807, 2.05) is 18.2 Å². The van der Waals surface area contributed by atoms with Gasteiger partial charge >= 0.3 is 0 Å². The molecule has 4 nitrogen and oxygen atoms in total. The Morgan fingerprint density at radius 3 is 2.40 bits per heavy atom. The minimum Gasteiger partial charge on any atom is -0.508 e. The largest absolute Gasteiger partial charge is 0.508 e. The van der Waals surface area contributed by atoms with Crippen molar-refractivity contribution in [2.45, 2.75) is 13.0 Å². The number of phenols is 1. The van der Waals surface area contributed by atoms with Gasteiger partial charge in [-0.25, -0.2) is 0 Å². The molecule has 0 unspecified atom stereocenters. The van der Waals surface area contributed by atoms with Crippen LogP contribution in [0.25, 0.3) is 10.4 Å². The average molecular weight is 459 g/mol. The summed E-state index contributed by atoms with van der Waals surface area (Å²) in [6, 6.07) is 16.4. The fourth-order valence-corrected chi connectivity index (χ4v) is 6.77. The molecule has 158 valence electrons. The predicted octanol–water partition coefficient (Wildman–Crippen LogP) is 4.61. The third-order valence-electron chi connectivity index (χ3n) is 5.56. The third kappa shape index (κ3) is 5.17. The fraction of sp³-hybridized carbons (Fsp3) is 0.348. The SMILES string of the molecule is OCCN1CCN(Cc2cc(-c3ssc(=S)c3Cc3ccccc3)ccc2O)CC1. The quantitative estimate of drug-likeness (QED) is 0.400. The van der Waals surface area contributed by atoms with Gasteiger partial charge in [0.05, 0.1) is 11.5 Å². The lowest BCUT2D eigenvalue weighted by molar-refractivity contribution is 0.108. The predicted molar refractivity (Wildman–Crippen MR) is 128 cm³/mol. The molecule has 0 aliphatic carbocycles. The van der Waals surface area contributed by atoms with E-state index in [0.717, 1.165) is 60.6 Å². The lowest BCUT2D eigenvalue weighted by Gasteiger charge is -2.34. The van der Waals surface area contributed by atoms with Crippen LogP contribution in [0.5, 0.6) is 5.75 Å². The van der Waals surface area contributed by atoms with Crippen molar-refractivity contribution in [1.29, 1.82) is 0 Å². The molecule has 0 atom stereocenters. The zero-order valence-corrected chi connectivity index (χ0v) is 19.2. The van der Waals surface area contributed by atoms with Gasteiger partial charge < -0.3 is 10.2 Å². The summed E-state index contributed by atoms with van der Waals surface area (Å²) in [7, 11) is 3.38. The van der Waals surface area contributed by atoms with E-state index >= 15 is 0 Å². The topological polar surface area (TPSA) is 46.9 Å². The van der Waals surface area contributed by atoms with E-state index in [2.05, 4.69) is 40.1 Å². The molecule has 1 fully saturated rings. The lowest BCUT2D eigenvalue weighted by Crippen LogP contribution is -2.46. The minimum absolute atomic E-state index is 0.209. The first-order valence-electron chi connectivity index (χ1n) is 10.2. The van der Waals surface area contributed by atoms with E-state index < -0.39 is 0 Å². The molecular formula is C23H26N2O2S3. The molecule has 1 saturated heterocycles. The van der Waals surface area contributed by atoms with E-state index in [1.54, 1.807) is 20.7 Å². The normalized spacial score (nSPS) is 15.5. The number of aliphatic hydroxyl groups excluding tert-OH is 1. The first-order chi connectivity index (χ1) is 14.6. The molecule has 0 radical (unpaired) electrons.